The number of nitrogens with one attached hydrogen (secondary N) is 2. The third-order valence-electron chi connectivity index (χ3n) is 6.19. The highest BCUT2D eigenvalue weighted by atomic mass is 32.1. The van der Waals surface area contributed by atoms with Crippen LogP contribution >= 0.6 is 11.3 Å². The van der Waals surface area contributed by atoms with E-state index in [0.29, 0.717) is 12.5 Å². The minimum atomic E-state index is 0.235. The number of amides is 1. The molecule has 7 heteroatoms. The highest BCUT2D eigenvalue weighted by Gasteiger charge is 2.22. The predicted molar refractivity (Wildman–Crippen MR) is 127 cm³/mol. The Morgan fingerprint density at radius 1 is 1.16 bits per heavy atom. The van der Waals surface area contributed by atoms with Crippen LogP contribution in [-0.4, -0.2) is 54.4 Å². The number of thiophene rings is 1. The van der Waals surface area contributed by atoms with Gasteiger partial charge in [0.15, 0.2) is 5.96 Å². The summed E-state index contributed by atoms with van der Waals surface area (Å²) in [4.78, 5) is 21.4. The number of hydrogen-bond donors (Lipinski definition) is 2. The van der Waals surface area contributed by atoms with Gasteiger partial charge in [-0.25, -0.2) is 0 Å². The number of hydrogen-bond acceptors (Lipinski definition) is 4. The molecule has 1 fully saturated rings. The van der Waals surface area contributed by atoms with Gasteiger partial charge in [-0.15, -0.1) is 0 Å². The molecule has 0 atom stereocenters. The highest BCUT2D eigenvalue weighted by molar-refractivity contribution is 7.07. The van der Waals surface area contributed by atoms with Crippen LogP contribution in [-0.2, 0) is 24.4 Å². The SMILES string of the molecule is CN=C(NCCCC(=O)N1Cc2ccccc2C1)NC1CCN(Cc2ccsc2)CC1. The molecule has 0 bridgehead atoms. The molecule has 6 nitrogen and oxygen atoms in total. The molecular weight excluding hydrogens is 406 g/mol. The van der Waals surface area contributed by atoms with Crippen LogP contribution < -0.4 is 10.6 Å². The van der Waals surface area contributed by atoms with E-state index in [9.17, 15) is 4.79 Å². The van der Waals surface area contributed by atoms with Gasteiger partial charge in [0.05, 0.1) is 0 Å². The van der Waals surface area contributed by atoms with Gasteiger partial charge in [-0.1, -0.05) is 24.3 Å². The minimum Gasteiger partial charge on any atom is -0.356 e. The lowest BCUT2D eigenvalue weighted by atomic mass is 10.0. The summed E-state index contributed by atoms with van der Waals surface area (Å²) in [6, 6.07) is 11.0. The topological polar surface area (TPSA) is 60.0 Å². The van der Waals surface area contributed by atoms with Gasteiger partial charge < -0.3 is 15.5 Å². The monoisotopic (exact) mass is 439 g/mol. The summed E-state index contributed by atoms with van der Waals surface area (Å²) in [5, 5.41) is 11.3. The molecule has 1 aromatic heterocycles. The maximum atomic E-state index is 12.5. The number of likely N-dealkylation sites (tertiary alicyclic amines) is 1. The van der Waals surface area contributed by atoms with E-state index in [-0.39, 0.29) is 5.91 Å². The maximum absolute atomic E-state index is 12.5. The van der Waals surface area contributed by atoms with E-state index in [0.717, 1.165) is 64.5 Å². The number of piperidine rings is 1. The van der Waals surface area contributed by atoms with Crippen molar-refractivity contribution in [1.82, 2.24) is 20.4 Å². The Balaban J connectivity index is 1.11. The average molecular weight is 440 g/mol. The normalized spacial score (nSPS) is 17.6. The molecule has 1 aromatic carbocycles. The lowest BCUT2D eigenvalue weighted by Gasteiger charge is -2.33. The van der Waals surface area contributed by atoms with Crippen LogP contribution in [0.15, 0.2) is 46.1 Å². The van der Waals surface area contributed by atoms with E-state index >= 15 is 0 Å². The van der Waals surface area contributed by atoms with E-state index in [1.54, 1.807) is 11.3 Å². The molecule has 0 unspecified atom stereocenters. The molecule has 0 spiro atoms. The first-order valence-corrected chi connectivity index (χ1v) is 12.2. The Morgan fingerprint density at radius 3 is 2.55 bits per heavy atom. The standard InChI is InChI=1S/C24H33N5OS/c1-25-24(27-22-8-12-28(13-9-22)15-19-10-14-31-18-19)26-11-4-7-23(30)29-16-20-5-2-3-6-21(20)17-29/h2-3,5-6,10,14,18,22H,4,7-9,11-13,15-17H2,1H3,(H2,25,26,27). The fraction of sp³-hybridized carbons (Fsp3) is 0.500. The van der Waals surface area contributed by atoms with Gasteiger partial charge in [0.25, 0.3) is 0 Å². The van der Waals surface area contributed by atoms with Crippen LogP contribution in [0.3, 0.4) is 0 Å². The smallest absolute Gasteiger partial charge is 0.223 e. The Morgan fingerprint density at radius 2 is 1.90 bits per heavy atom. The molecule has 0 aliphatic carbocycles. The molecule has 0 saturated carbocycles. The zero-order valence-electron chi connectivity index (χ0n) is 18.3. The molecule has 4 rings (SSSR count). The summed E-state index contributed by atoms with van der Waals surface area (Å²) in [5.74, 6) is 1.08. The van der Waals surface area contributed by atoms with E-state index in [1.807, 2.05) is 24.1 Å². The zero-order chi connectivity index (χ0) is 21.5. The molecule has 2 aliphatic heterocycles. The van der Waals surface area contributed by atoms with Crippen LogP contribution in [0.1, 0.15) is 42.4 Å². The van der Waals surface area contributed by atoms with Gasteiger partial charge in [0, 0.05) is 58.8 Å². The summed E-state index contributed by atoms with van der Waals surface area (Å²) >= 11 is 1.77. The minimum absolute atomic E-state index is 0.235. The van der Waals surface area contributed by atoms with Crippen molar-refractivity contribution in [2.75, 3.05) is 26.7 Å². The molecule has 2 aromatic rings. The number of nitrogens with zero attached hydrogens (tertiary/aromatic N) is 3. The van der Waals surface area contributed by atoms with Crippen LogP contribution in [0, 0.1) is 0 Å². The van der Waals surface area contributed by atoms with Crippen molar-refractivity contribution in [1.29, 1.82) is 0 Å². The molecule has 2 N–H and O–H groups in total. The zero-order valence-corrected chi connectivity index (χ0v) is 19.2. The van der Waals surface area contributed by atoms with Gasteiger partial charge >= 0.3 is 0 Å². The van der Waals surface area contributed by atoms with E-state index < -0.39 is 0 Å². The summed E-state index contributed by atoms with van der Waals surface area (Å²) in [5.41, 5.74) is 3.97. The molecule has 2 aliphatic rings. The van der Waals surface area contributed by atoms with Crippen LogP contribution in [0.25, 0.3) is 0 Å². The average Bonchev–Trinajstić information content (AvgIpc) is 3.46. The first kappa shape index (κ1) is 21.8. The number of rotatable bonds is 7. The Bertz CT molecular complexity index is 849. The van der Waals surface area contributed by atoms with E-state index in [2.05, 4.69) is 49.5 Å². The largest absolute Gasteiger partial charge is 0.356 e. The second-order valence-electron chi connectivity index (χ2n) is 8.45. The molecular formula is C24H33N5OS. The van der Waals surface area contributed by atoms with E-state index in [1.165, 1.54) is 16.7 Å². The van der Waals surface area contributed by atoms with Crippen molar-refractivity contribution in [3.8, 4) is 0 Å². The first-order valence-electron chi connectivity index (χ1n) is 11.3. The van der Waals surface area contributed by atoms with Crippen molar-refractivity contribution >= 4 is 23.2 Å². The molecule has 1 amide bonds. The number of carbonyl (C=O) groups excluding carboxylic acids is 1. The Labute approximate surface area is 189 Å². The third kappa shape index (κ3) is 6.08. The lowest BCUT2D eigenvalue weighted by Crippen LogP contribution is -2.48. The number of benzene rings is 1. The molecule has 31 heavy (non-hydrogen) atoms. The number of guanidine groups is 1. The molecule has 0 radical (unpaired) electrons. The number of fused-ring (bicyclic) bond motifs is 1. The summed E-state index contributed by atoms with van der Waals surface area (Å²) in [7, 11) is 1.81. The summed E-state index contributed by atoms with van der Waals surface area (Å²) in [6.07, 6.45) is 3.63. The number of carbonyl (C=O) groups is 1. The van der Waals surface area contributed by atoms with Crippen molar-refractivity contribution in [3.63, 3.8) is 0 Å². The first-order chi connectivity index (χ1) is 15.2. The summed E-state index contributed by atoms with van der Waals surface area (Å²) < 4.78 is 0. The van der Waals surface area contributed by atoms with E-state index in [4.69, 9.17) is 0 Å². The van der Waals surface area contributed by atoms with Crippen molar-refractivity contribution < 1.29 is 4.79 Å². The number of aliphatic imine (C=N–C) groups is 1. The van der Waals surface area contributed by atoms with Crippen LogP contribution in [0.4, 0.5) is 0 Å². The van der Waals surface area contributed by atoms with Crippen LogP contribution in [0.2, 0.25) is 0 Å². The fourth-order valence-electron chi connectivity index (χ4n) is 4.38. The van der Waals surface area contributed by atoms with Gasteiger partial charge in [0.1, 0.15) is 0 Å². The predicted octanol–water partition coefficient (Wildman–Crippen LogP) is 3.20. The molecule has 1 saturated heterocycles. The Hall–Kier alpha value is -2.38. The van der Waals surface area contributed by atoms with Gasteiger partial charge in [-0.2, -0.15) is 11.3 Å². The molecule has 166 valence electrons. The van der Waals surface area contributed by atoms with Crippen molar-refractivity contribution in [3.05, 3.63) is 57.8 Å². The lowest BCUT2D eigenvalue weighted by molar-refractivity contribution is -0.131. The van der Waals surface area contributed by atoms with Gasteiger partial charge in [-0.05, 0) is 52.8 Å². The van der Waals surface area contributed by atoms with Gasteiger partial charge in [0.2, 0.25) is 5.91 Å². The quantitative estimate of drug-likeness (QED) is 0.395. The summed E-state index contributed by atoms with van der Waals surface area (Å²) in [6.45, 7) is 5.52. The van der Waals surface area contributed by atoms with Gasteiger partial charge in [-0.3, -0.25) is 14.7 Å². The second kappa shape index (κ2) is 10.8. The molecule has 3 heterocycles. The maximum Gasteiger partial charge on any atom is 0.223 e. The third-order valence-corrected chi connectivity index (χ3v) is 6.92. The van der Waals surface area contributed by atoms with Crippen molar-refractivity contribution in [2.24, 2.45) is 4.99 Å². The Kier molecular flexibility index (Phi) is 7.59. The fourth-order valence-corrected chi connectivity index (χ4v) is 5.04. The van der Waals surface area contributed by atoms with Crippen molar-refractivity contribution in [2.45, 2.75) is 51.4 Å². The second-order valence-corrected chi connectivity index (χ2v) is 9.23. The van der Waals surface area contributed by atoms with Crippen LogP contribution in [0.5, 0.6) is 0 Å². The highest BCUT2D eigenvalue weighted by Crippen LogP contribution is 2.23.